The highest BCUT2D eigenvalue weighted by Crippen LogP contribution is 2.29. The van der Waals surface area contributed by atoms with E-state index in [9.17, 15) is 5.11 Å². The number of pyridine rings is 1. The Morgan fingerprint density at radius 2 is 1.95 bits per heavy atom. The lowest BCUT2D eigenvalue weighted by Crippen LogP contribution is -2.35. The highest BCUT2D eigenvalue weighted by molar-refractivity contribution is 5.87. The average Bonchev–Trinajstić information content (AvgIpc) is 2.46. The van der Waals surface area contributed by atoms with E-state index in [0.717, 1.165) is 23.6 Å². The lowest BCUT2D eigenvalue weighted by molar-refractivity contribution is -0.0727. The number of hydrogen-bond donors (Lipinski definition) is 1. The van der Waals surface area contributed by atoms with Gasteiger partial charge in [-0.05, 0) is 31.4 Å². The molecule has 1 saturated heterocycles. The van der Waals surface area contributed by atoms with Gasteiger partial charge >= 0.3 is 0 Å². The maximum atomic E-state index is 9.37. The molecule has 0 spiro atoms. The SMILES string of the molecule is CC1CC(Oc2nc(CO)cc3ccccc23)CC(C)O1. The smallest absolute Gasteiger partial charge is 0.221 e. The van der Waals surface area contributed by atoms with Crippen molar-refractivity contribution in [1.82, 2.24) is 4.98 Å². The van der Waals surface area contributed by atoms with Crippen LogP contribution in [0.3, 0.4) is 0 Å². The Hall–Kier alpha value is -1.65. The first-order valence-electron chi connectivity index (χ1n) is 7.47. The molecule has 2 unspecified atom stereocenters. The third-order valence-electron chi connectivity index (χ3n) is 3.85. The standard InChI is InChI=1S/C17H21NO3/c1-11-7-15(8-12(2)20-11)21-17-16-6-4-3-5-13(16)9-14(10-19)18-17/h3-6,9,11-12,15,19H,7-8,10H2,1-2H3. The van der Waals surface area contributed by atoms with Gasteiger partial charge in [-0.25, -0.2) is 4.98 Å². The third kappa shape index (κ3) is 3.17. The highest BCUT2D eigenvalue weighted by atomic mass is 16.5. The van der Waals surface area contributed by atoms with Crippen LogP contribution in [0.2, 0.25) is 0 Å². The fourth-order valence-corrected chi connectivity index (χ4v) is 2.99. The molecule has 4 nitrogen and oxygen atoms in total. The van der Waals surface area contributed by atoms with E-state index in [1.807, 2.05) is 30.3 Å². The normalized spacial score (nSPS) is 26.0. The van der Waals surface area contributed by atoms with Crippen LogP contribution in [-0.4, -0.2) is 28.4 Å². The van der Waals surface area contributed by atoms with E-state index in [-0.39, 0.29) is 24.9 Å². The van der Waals surface area contributed by atoms with E-state index in [0.29, 0.717) is 11.6 Å². The molecular weight excluding hydrogens is 266 g/mol. The second kappa shape index (κ2) is 6.00. The molecule has 112 valence electrons. The molecule has 0 saturated carbocycles. The van der Waals surface area contributed by atoms with Gasteiger partial charge in [-0.2, -0.15) is 0 Å². The number of ether oxygens (including phenoxy) is 2. The Bertz CT molecular complexity index is 618. The predicted molar refractivity (Wildman–Crippen MR) is 81.3 cm³/mol. The highest BCUT2D eigenvalue weighted by Gasteiger charge is 2.26. The van der Waals surface area contributed by atoms with Crippen LogP contribution in [0, 0.1) is 0 Å². The zero-order chi connectivity index (χ0) is 14.8. The quantitative estimate of drug-likeness (QED) is 0.942. The Morgan fingerprint density at radius 1 is 1.24 bits per heavy atom. The molecule has 0 aliphatic carbocycles. The summed E-state index contributed by atoms with van der Waals surface area (Å²) in [6, 6.07) is 9.87. The first-order valence-corrected chi connectivity index (χ1v) is 7.47. The van der Waals surface area contributed by atoms with Crippen molar-refractivity contribution in [3.05, 3.63) is 36.0 Å². The molecule has 3 rings (SSSR count). The first-order chi connectivity index (χ1) is 10.2. The minimum absolute atomic E-state index is 0.0816. The number of fused-ring (bicyclic) bond motifs is 1. The summed E-state index contributed by atoms with van der Waals surface area (Å²) in [6.07, 6.45) is 2.23. The molecule has 21 heavy (non-hydrogen) atoms. The summed E-state index contributed by atoms with van der Waals surface area (Å²) in [4.78, 5) is 4.45. The number of aliphatic hydroxyl groups is 1. The number of rotatable bonds is 3. The zero-order valence-corrected chi connectivity index (χ0v) is 12.5. The van der Waals surface area contributed by atoms with E-state index in [4.69, 9.17) is 9.47 Å². The van der Waals surface area contributed by atoms with Crippen LogP contribution < -0.4 is 4.74 Å². The van der Waals surface area contributed by atoms with Crippen LogP contribution in [0.15, 0.2) is 30.3 Å². The molecule has 1 aliphatic rings. The lowest BCUT2D eigenvalue weighted by Gasteiger charge is -2.32. The number of aromatic nitrogens is 1. The van der Waals surface area contributed by atoms with Crippen LogP contribution in [-0.2, 0) is 11.3 Å². The lowest BCUT2D eigenvalue weighted by atomic mass is 10.0. The molecule has 0 amide bonds. The van der Waals surface area contributed by atoms with Crippen molar-refractivity contribution in [1.29, 1.82) is 0 Å². The second-order valence-corrected chi connectivity index (χ2v) is 5.77. The molecule has 0 bridgehead atoms. The van der Waals surface area contributed by atoms with E-state index in [2.05, 4.69) is 18.8 Å². The van der Waals surface area contributed by atoms with Gasteiger partial charge in [-0.3, -0.25) is 0 Å². The maximum Gasteiger partial charge on any atom is 0.221 e. The Kier molecular flexibility index (Phi) is 4.08. The minimum Gasteiger partial charge on any atom is -0.474 e. The molecule has 1 aromatic heterocycles. The van der Waals surface area contributed by atoms with Crippen molar-refractivity contribution in [2.45, 2.75) is 51.6 Å². The molecule has 1 N–H and O–H groups in total. The third-order valence-corrected chi connectivity index (χ3v) is 3.85. The van der Waals surface area contributed by atoms with Gasteiger partial charge in [0.1, 0.15) is 6.10 Å². The van der Waals surface area contributed by atoms with E-state index in [1.165, 1.54) is 0 Å². The molecule has 2 aromatic rings. The van der Waals surface area contributed by atoms with Gasteiger partial charge < -0.3 is 14.6 Å². The summed E-state index contributed by atoms with van der Waals surface area (Å²) in [5, 5.41) is 11.4. The fraction of sp³-hybridized carbons (Fsp3) is 0.471. The number of aliphatic hydroxyl groups excluding tert-OH is 1. The Balaban J connectivity index is 1.92. The van der Waals surface area contributed by atoms with Crippen LogP contribution in [0.5, 0.6) is 5.88 Å². The average molecular weight is 287 g/mol. The van der Waals surface area contributed by atoms with Gasteiger partial charge in [0.15, 0.2) is 0 Å². The van der Waals surface area contributed by atoms with Crippen molar-refractivity contribution < 1.29 is 14.6 Å². The summed E-state index contributed by atoms with van der Waals surface area (Å²) in [7, 11) is 0. The largest absolute Gasteiger partial charge is 0.474 e. The van der Waals surface area contributed by atoms with Gasteiger partial charge in [-0.15, -0.1) is 0 Å². The predicted octanol–water partition coefficient (Wildman–Crippen LogP) is 3.06. The van der Waals surface area contributed by atoms with Crippen LogP contribution in [0.1, 0.15) is 32.4 Å². The first kappa shape index (κ1) is 14.3. The van der Waals surface area contributed by atoms with Crippen LogP contribution in [0.4, 0.5) is 0 Å². The molecule has 1 aliphatic heterocycles. The van der Waals surface area contributed by atoms with Crippen LogP contribution >= 0.6 is 0 Å². The van der Waals surface area contributed by atoms with E-state index in [1.54, 1.807) is 0 Å². The summed E-state index contributed by atoms with van der Waals surface area (Å²) in [5.74, 6) is 0.614. The summed E-state index contributed by atoms with van der Waals surface area (Å²) < 4.78 is 11.9. The van der Waals surface area contributed by atoms with Crippen molar-refractivity contribution in [2.75, 3.05) is 0 Å². The number of hydrogen-bond acceptors (Lipinski definition) is 4. The molecule has 4 heteroatoms. The van der Waals surface area contributed by atoms with Gasteiger partial charge in [0.25, 0.3) is 0 Å². The maximum absolute atomic E-state index is 9.37. The fourth-order valence-electron chi connectivity index (χ4n) is 2.99. The molecule has 1 aromatic carbocycles. The van der Waals surface area contributed by atoms with Gasteiger partial charge in [0, 0.05) is 18.2 Å². The zero-order valence-electron chi connectivity index (χ0n) is 12.5. The molecular formula is C17H21NO3. The van der Waals surface area contributed by atoms with Crippen molar-refractivity contribution in [3.8, 4) is 5.88 Å². The van der Waals surface area contributed by atoms with Gasteiger partial charge in [0.2, 0.25) is 5.88 Å². The van der Waals surface area contributed by atoms with Crippen molar-refractivity contribution in [3.63, 3.8) is 0 Å². The van der Waals surface area contributed by atoms with E-state index < -0.39 is 0 Å². The van der Waals surface area contributed by atoms with Crippen LogP contribution in [0.25, 0.3) is 10.8 Å². The Morgan fingerprint density at radius 3 is 2.67 bits per heavy atom. The van der Waals surface area contributed by atoms with E-state index >= 15 is 0 Å². The monoisotopic (exact) mass is 287 g/mol. The van der Waals surface area contributed by atoms with Crippen molar-refractivity contribution in [2.24, 2.45) is 0 Å². The van der Waals surface area contributed by atoms with Gasteiger partial charge in [0.05, 0.1) is 24.5 Å². The summed E-state index contributed by atoms with van der Waals surface area (Å²) in [5.41, 5.74) is 0.636. The van der Waals surface area contributed by atoms with Crippen molar-refractivity contribution >= 4 is 10.8 Å². The second-order valence-electron chi connectivity index (χ2n) is 5.77. The topological polar surface area (TPSA) is 51.6 Å². The Labute approximate surface area is 124 Å². The van der Waals surface area contributed by atoms with Gasteiger partial charge in [-0.1, -0.05) is 18.2 Å². The number of benzene rings is 1. The number of nitrogens with zero attached hydrogens (tertiary/aromatic N) is 1. The molecule has 1 fully saturated rings. The minimum atomic E-state index is -0.0816. The molecule has 0 radical (unpaired) electrons. The summed E-state index contributed by atoms with van der Waals surface area (Å²) in [6.45, 7) is 4.06. The summed E-state index contributed by atoms with van der Waals surface area (Å²) >= 11 is 0. The molecule has 2 atom stereocenters. The molecule has 2 heterocycles.